The molecule has 0 fully saturated rings. The molecule has 1 aliphatic carbocycles. The zero-order chi connectivity index (χ0) is 20.4. The van der Waals surface area contributed by atoms with Gasteiger partial charge < -0.3 is 9.84 Å². The molecule has 1 N–H and O–H groups in total. The number of ether oxygens (including phenoxy) is 1. The largest absolute Gasteiger partial charge is 0.492 e. The molecular weight excluding hydrogens is 368 g/mol. The van der Waals surface area contributed by atoms with Crippen molar-refractivity contribution in [3.8, 4) is 5.75 Å². The molecule has 0 saturated carbocycles. The first-order valence-corrected chi connectivity index (χ1v) is 10.0. The molecule has 2 atom stereocenters. The van der Waals surface area contributed by atoms with Gasteiger partial charge in [-0.25, -0.2) is 4.68 Å². The number of benzene rings is 2. The first-order valence-electron chi connectivity index (χ1n) is 10.0. The van der Waals surface area contributed by atoms with Gasteiger partial charge in [0, 0.05) is 5.39 Å². The number of hydrogen-bond donors (Lipinski definition) is 1. The van der Waals surface area contributed by atoms with Crippen molar-refractivity contribution in [1.29, 1.82) is 0 Å². The van der Waals surface area contributed by atoms with E-state index in [1.54, 1.807) is 12.3 Å². The van der Waals surface area contributed by atoms with Crippen LogP contribution < -0.4 is 10.3 Å². The average molecular weight is 392 g/mol. The summed E-state index contributed by atoms with van der Waals surface area (Å²) in [6.07, 6.45) is 4.05. The lowest BCUT2D eigenvalue weighted by atomic mass is 9.85. The summed E-state index contributed by atoms with van der Waals surface area (Å²) in [5, 5.41) is 15.2. The highest BCUT2D eigenvalue weighted by Gasteiger charge is 2.33. The van der Waals surface area contributed by atoms with Gasteiger partial charge in [0.1, 0.15) is 12.4 Å². The maximum absolute atomic E-state index is 12.5. The van der Waals surface area contributed by atoms with E-state index in [4.69, 9.17) is 4.74 Å². The Morgan fingerprint density at radius 2 is 2.14 bits per heavy atom. The van der Waals surface area contributed by atoms with E-state index in [-0.39, 0.29) is 17.4 Å². The summed E-state index contributed by atoms with van der Waals surface area (Å²) in [7, 11) is 0. The second-order valence-corrected chi connectivity index (χ2v) is 7.47. The fraction of sp³-hybridized carbons (Fsp3) is 0.348. The summed E-state index contributed by atoms with van der Waals surface area (Å²) in [6.45, 7) is 2.62. The molecule has 0 spiro atoms. The molecule has 1 heterocycles. The SMILES string of the molecule is CCC(C(=O)O)C1CCc2cc(OCCn3ncc4ccccc4c3=O)ccc21. The van der Waals surface area contributed by atoms with E-state index in [0.29, 0.717) is 25.0 Å². The Morgan fingerprint density at radius 1 is 1.31 bits per heavy atom. The number of carbonyl (C=O) groups is 1. The molecule has 6 nitrogen and oxygen atoms in total. The second kappa shape index (κ2) is 8.07. The molecule has 0 bridgehead atoms. The van der Waals surface area contributed by atoms with Gasteiger partial charge in [-0.15, -0.1) is 0 Å². The number of fused-ring (bicyclic) bond motifs is 2. The zero-order valence-corrected chi connectivity index (χ0v) is 16.4. The topological polar surface area (TPSA) is 81.4 Å². The van der Waals surface area contributed by atoms with E-state index in [1.165, 1.54) is 4.68 Å². The lowest BCUT2D eigenvalue weighted by molar-refractivity contribution is -0.142. The van der Waals surface area contributed by atoms with Crippen LogP contribution in [0.3, 0.4) is 0 Å². The maximum atomic E-state index is 12.5. The highest BCUT2D eigenvalue weighted by atomic mass is 16.5. The summed E-state index contributed by atoms with van der Waals surface area (Å²) >= 11 is 0. The third kappa shape index (κ3) is 3.75. The Bertz CT molecular complexity index is 1110. The first-order chi connectivity index (χ1) is 14.1. The third-order valence-corrected chi connectivity index (χ3v) is 5.81. The van der Waals surface area contributed by atoms with Gasteiger partial charge in [0.2, 0.25) is 0 Å². The number of rotatable bonds is 7. The van der Waals surface area contributed by atoms with Crippen molar-refractivity contribution in [2.75, 3.05) is 6.61 Å². The van der Waals surface area contributed by atoms with Gasteiger partial charge in [-0.3, -0.25) is 9.59 Å². The molecule has 3 aromatic rings. The van der Waals surface area contributed by atoms with Crippen LogP contribution in [-0.4, -0.2) is 27.5 Å². The van der Waals surface area contributed by atoms with E-state index in [2.05, 4.69) is 5.10 Å². The Hall–Kier alpha value is -3.15. The van der Waals surface area contributed by atoms with Crippen LogP contribution in [0.5, 0.6) is 5.75 Å². The first kappa shape index (κ1) is 19.2. The van der Waals surface area contributed by atoms with Gasteiger partial charge in [-0.05, 0) is 54.5 Å². The van der Waals surface area contributed by atoms with Crippen molar-refractivity contribution >= 4 is 16.7 Å². The predicted molar refractivity (Wildman–Crippen MR) is 110 cm³/mol. The minimum Gasteiger partial charge on any atom is -0.492 e. The van der Waals surface area contributed by atoms with Crippen molar-refractivity contribution in [1.82, 2.24) is 9.78 Å². The number of nitrogens with zero attached hydrogens (tertiary/aromatic N) is 2. The number of hydrogen-bond acceptors (Lipinski definition) is 4. The second-order valence-electron chi connectivity index (χ2n) is 7.47. The van der Waals surface area contributed by atoms with Crippen LogP contribution in [0.25, 0.3) is 10.8 Å². The van der Waals surface area contributed by atoms with E-state index < -0.39 is 5.97 Å². The molecule has 1 aliphatic rings. The average Bonchev–Trinajstić information content (AvgIpc) is 3.13. The van der Waals surface area contributed by atoms with Gasteiger partial charge in [0.15, 0.2) is 0 Å². The fourth-order valence-corrected chi connectivity index (χ4v) is 4.30. The van der Waals surface area contributed by atoms with Gasteiger partial charge in [-0.2, -0.15) is 5.10 Å². The quantitative estimate of drug-likeness (QED) is 0.664. The molecule has 0 saturated heterocycles. The van der Waals surface area contributed by atoms with E-state index in [9.17, 15) is 14.7 Å². The summed E-state index contributed by atoms with van der Waals surface area (Å²) < 4.78 is 7.28. The van der Waals surface area contributed by atoms with Crippen molar-refractivity contribution in [3.05, 3.63) is 70.1 Å². The Kier molecular flexibility index (Phi) is 5.34. The Labute approximate surface area is 168 Å². The van der Waals surface area contributed by atoms with Gasteiger partial charge in [-0.1, -0.05) is 31.2 Å². The van der Waals surface area contributed by atoms with E-state index in [0.717, 1.165) is 35.1 Å². The summed E-state index contributed by atoms with van der Waals surface area (Å²) in [6, 6.07) is 13.3. The monoisotopic (exact) mass is 392 g/mol. The molecular formula is C23H24N2O4. The number of aryl methyl sites for hydroxylation is 1. The molecule has 0 amide bonds. The van der Waals surface area contributed by atoms with Crippen LogP contribution in [0.4, 0.5) is 0 Å². The summed E-state index contributed by atoms with van der Waals surface area (Å²) in [5.74, 6) is -0.253. The molecule has 1 aromatic heterocycles. The number of carboxylic acids is 1. The number of aromatic nitrogens is 2. The van der Waals surface area contributed by atoms with Crippen molar-refractivity contribution in [2.45, 2.75) is 38.6 Å². The van der Waals surface area contributed by atoms with Crippen molar-refractivity contribution < 1.29 is 14.6 Å². The van der Waals surface area contributed by atoms with Crippen LogP contribution in [-0.2, 0) is 17.8 Å². The van der Waals surface area contributed by atoms with Crippen molar-refractivity contribution in [3.63, 3.8) is 0 Å². The van der Waals surface area contributed by atoms with Crippen LogP contribution in [0.1, 0.15) is 36.8 Å². The van der Waals surface area contributed by atoms with Gasteiger partial charge >= 0.3 is 5.97 Å². The van der Waals surface area contributed by atoms with E-state index >= 15 is 0 Å². The van der Waals surface area contributed by atoms with Crippen LogP contribution in [0, 0.1) is 5.92 Å². The van der Waals surface area contributed by atoms with Gasteiger partial charge in [0.05, 0.1) is 24.0 Å². The molecule has 29 heavy (non-hydrogen) atoms. The molecule has 0 radical (unpaired) electrons. The number of carboxylic acid groups (broad SMARTS) is 1. The lowest BCUT2D eigenvalue weighted by Gasteiger charge is -2.19. The zero-order valence-electron chi connectivity index (χ0n) is 16.4. The molecule has 2 unspecified atom stereocenters. The molecule has 0 aliphatic heterocycles. The smallest absolute Gasteiger partial charge is 0.307 e. The highest BCUT2D eigenvalue weighted by Crippen LogP contribution is 2.41. The van der Waals surface area contributed by atoms with Crippen molar-refractivity contribution in [2.24, 2.45) is 5.92 Å². The minimum absolute atomic E-state index is 0.0712. The normalized spacial score (nSPS) is 16.5. The maximum Gasteiger partial charge on any atom is 0.307 e. The van der Waals surface area contributed by atoms with E-state index in [1.807, 2.05) is 43.3 Å². The fourth-order valence-electron chi connectivity index (χ4n) is 4.30. The van der Waals surface area contributed by atoms with Crippen LogP contribution in [0.2, 0.25) is 0 Å². The third-order valence-electron chi connectivity index (χ3n) is 5.81. The minimum atomic E-state index is -0.723. The van der Waals surface area contributed by atoms with Crippen LogP contribution in [0.15, 0.2) is 53.5 Å². The van der Waals surface area contributed by atoms with Gasteiger partial charge in [0.25, 0.3) is 5.56 Å². The molecule has 4 rings (SSSR count). The lowest BCUT2D eigenvalue weighted by Crippen LogP contribution is -2.25. The standard InChI is InChI=1S/C23H24N2O4/c1-2-18(23(27)28)21-9-7-15-13-17(8-10-19(15)21)29-12-11-25-22(26)20-6-4-3-5-16(20)14-24-25/h3-6,8,10,13-14,18,21H,2,7,9,11-12H2,1H3,(H,27,28). The molecule has 150 valence electrons. The molecule has 6 heteroatoms. The van der Waals surface area contributed by atoms with Crippen LogP contribution >= 0.6 is 0 Å². The summed E-state index contributed by atoms with van der Waals surface area (Å²) in [5.41, 5.74) is 2.16. The Balaban J connectivity index is 1.44. The molecule has 2 aromatic carbocycles. The Morgan fingerprint density at radius 3 is 2.93 bits per heavy atom. The highest BCUT2D eigenvalue weighted by molar-refractivity contribution is 5.80. The predicted octanol–water partition coefficient (Wildman–Crippen LogP) is 3.62. The summed E-state index contributed by atoms with van der Waals surface area (Å²) in [4.78, 5) is 24.0. The number of aliphatic carboxylic acids is 1.